The largest absolute Gasteiger partial charge is 0.396 e. The molecule has 0 unspecified atom stereocenters. The van der Waals surface area contributed by atoms with E-state index in [0.29, 0.717) is 6.42 Å². The van der Waals surface area contributed by atoms with E-state index in [1.807, 2.05) is 28.8 Å². The van der Waals surface area contributed by atoms with E-state index in [1.165, 1.54) is 0 Å². The lowest BCUT2D eigenvalue weighted by atomic mass is 10.3. The van der Waals surface area contributed by atoms with Crippen molar-refractivity contribution < 1.29 is 5.11 Å². The number of aliphatic hydroxyl groups excluding tert-OH is 1. The molecule has 0 radical (unpaired) electrons. The first-order valence-electron chi connectivity index (χ1n) is 3.93. The minimum Gasteiger partial charge on any atom is -0.396 e. The smallest absolute Gasteiger partial charge is 0.136 e. The van der Waals surface area contributed by atoms with Gasteiger partial charge in [-0.15, -0.1) is 0 Å². The van der Waals surface area contributed by atoms with Crippen LogP contribution in [0.5, 0.6) is 0 Å². The Morgan fingerprint density at radius 2 is 2.33 bits per heavy atom. The van der Waals surface area contributed by atoms with Gasteiger partial charge < -0.3 is 9.51 Å². The Hall–Kier alpha value is -1.35. The first kappa shape index (κ1) is 7.31. The molecule has 0 saturated heterocycles. The molecule has 62 valence electrons. The van der Waals surface area contributed by atoms with Crippen molar-refractivity contribution >= 4 is 5.65 Å². The van der Waals surface area contributed by atoms with E-state index in [-0.39, 0.29) is 6.61 Å². The van der Waals surface area contributed by atoms with Crippen molar-refractivity contribution in [1.29, 1.82) is 0 Å². The summed E-state index contributed by atoms with van der Waals surface area (Å²) in [7, 11) is 0. The average molecular weight is 162 g/mol. The molecule has 0 aromatic carbocycles. The van der Waals surface area contributed by atoms with Crippen LogP contribution in [0.15, 0.2) is 30.6 Å². The molecular formula is C9H10N2O. The maximum absolute atomic E-state index is 8.78. The number of imidazole rings is 1. The summed E-state index contributed by atoms with van der Waals surface area (Å²) in [6.45, 7) is 0.178. The van der Waals surface area contributed by atoms with Crippen molar-refractivity contribution in [2.75, 3.05) is 6.61 Å². The number of pyridine rings is 1. The van der Waals surface area contributed by atoms with Crippen molar-refractivity contribution in [1.82, 2.24) is 9.38 Å². The summed E-state index contributed by atoms with van der Waals surface area (Å²) in [5, 5.41) is 8.78. The second kappa shape index (κ2) is 2.95. The van der Waals surface area contributed by atoms with Gasteiger partial charge in [0, 0.05) is 31.1 Å². The molecule has 0 aliphatic rings. The van der Waals surface area contributed by atoms with Crippen LogP contribution in [0, 0.1) is 0 Å². The van der Waals surface area contributed by atoms with E-state index in [0.717, 1.165) is 11.3 Å². The molecule has 0 amide bonds. The molecule has 3 nitrogen and oxygen atoms in total. The van der Waals surface area contributed by atoms with Crippen molar-refractivity contribution in [3.05, 3.63) is 36.3 Å². The van der Waals surface area contributed by atoms with Gasteiger partial charge in [-0.2, -0.15) is 0 Å². The van der Waals surface area contributed by atoms with Crippen molar-refractivity contribution in [2.24, 2.45) is 0 Å². The maximum Gasteiger partial charge on any atom is 0.136 e. The average Bonchev–Trinajstić information content (AvgIpc) is 2.53. The van der Waals surface area contributed by atoms with Gasteiger partial charge >= 0.3 is 0 Å². The van der Waals surface area contributed by atoms with Gasteiger partial charge in [0.1, 0.15) is 5.65 Å². The fourth-order valence-electron chi connectivity index (χ4n) is 1.33. The van der Waals surface area contributed by atoms with Gasteiger partial charge in [0.2, 0.25) is 0 Å². The van der Waals surface area contributed by atoms with Crippen LogP contribution in [-0.4, -0.2) is 21.1 Å². The van der Waals surface area contributed by atoms with Gasteiger partial charge in [0.05, 0.1) is 0 Å². The summed E-state index contributed by atoms with van der Waals surface area (Å²) >= 11 is 0. The molecule has 2 aromatic rings. The molecule has 2 rings (SSSR count). The molecule has 0 fully saturated rings. The summed E-state index contributed by atoms with van der Waals surface area (Å²) in [6, 6.07) is 5.89. The van der Waals surface area contributed by atoms with Gasteiger partial charge in [-0.1, -0.05) is 6.07 Å². The van der Waals surface area contributed by atoms with E-state index in [1.54, 1.807) is 6.20 Å². The van der Waals surface area contributed by atoms with Crippen LogP contribution in [0.25, 0.3) is 5.65 Å². The Balaban J connectivity index is 2.57. The molecule has 2 aromatic heterocycles. The Kier molecular flexibility index (Phi) is 1.80. The van der Waals surface area contributed by atoms with Crippen LogP contribution in [-0.2, 0) is 6.42 Å². The number of aromatic nitrogens is 2. The van der Waals surface area contributed by atoms with Crippen LogP contribution in [0.3, 0.4) is 0 Å². The highest BCUT2D eigenvalue weighted by molar-refractivity contribution is 5.39. The van der Waals surface area contributed by atoms with Crippen LogP contribution in [0.2, 0.25) is 0 Å². The highest BCUT2D eigenvalue weighted by Gasteiger charge is 1.97. The molecule has 12 heavy (non-hydrogen) atoms. The van der Waals surface area contributed by atoms with Crippen molar-refractivity contribution in [3.8, 4) is 0 Å². The zero-order chi connectivity index (χ0) is 8.39. The van der Waals surface area contributed by atoms with E-state index in [9.17, 15) is 0 Å². The van der Waals surface area contributed by atoms with Crippen LogP contribution in [0.1, 0.15) is 5.69 Å². The first-order valence-corrected chi connectivity index (χ1v) is 3.93. The van der Waals surface area contributed by atoms with E-state index < -0.39 is 0 Å². The van der Waals surface area contributed by atoms with Gasteiger partial charge in [-0.05, 0) is 12.1 Å². The highest BCUT2D eigenvalue weighted by atomic mass is 16.3. The molecule has 0 atom stereocenters. The minimum atomic E-state index is 0.178. The van der Waals surface area contributed by atoms with Crippen LogP contribution < -0.4 is 0 Å². The number of aliphatic hydroxyl groups is 1. The third kappa shape index (κ3) is 1.08. The minimum absolute atomic E-state index is 0.178. The fraction of sp³-hybridized carbons (Fsp3) is 0.222. The first-order chi connectivity index (χ1) is 5.92. The Labute approximate surface area is 70.3 Å². The summed E-state index contributed by atoms with van der Waals surface area (Å²) in [5.74, 6) is 0. The lowest BCUT2D eigenvalue weighted by molar-refractivity contribution is 0.298. The second-order valence-electron chi connectivity index (χ2n) is 2.65. The van der Waals surface area contributed by atoms with E-state index >= 15 is 0 Å². The zero-order valence-corrected chi connectivity index (χ0v) is 6.64. The number of fused-ring (bicyclic) bond motifs is 1. The van der Waals surface area contributed by atoms with Crippen molar-refractivity contribution in [2.45, 2.75) is 6.42 Å². The SMILES string of the molecule is OCCc1cccc2nccn12. The van der Waals surface area contributed by atoms with Gasteiger partial charge in [0.15, 0.2) is 0 Å². The quantitative estimate of drug-likeness (QED) is 0.711. The molecule has 0 spiro atoms. The molecule has 0 aliphatic heterocycles. The summed E-state index contributed by atoms with van der Waals surface area (Å²) < 4.78 is 1.98. The summed E-state index contributed by atoms with van der Waals surface area (Å²) in [6.07, 6.45) is 4.34. The number of rotatable bonds is 2. The maximum atomic E-state index is 8.78. The van der Waals surface area contributed by atoms with Crippen LogP contribution in [0.4, 0.5) is 0 Å². The van der Waals surface area contributed by atoms with Gasteiger partial charge in [0.25, 0.3) is 0 Å². The molecule has 3 heteroatoms. The van der Waals surface area contributed by atoms with E-state index in [2.05, 4.69) is 4.98 Å². The predicted octanol–water partition coefficient (Wildman–Crippen LogP) is 0.869. The zero-order valence-electron chi connectivity index (χ0n) is 6.64. The third-order valence-electron chi connectivity index (χ3n) is 1.88. The molecule has 0 bridgehead atoms. The Morgan fingerprint density at radius 3 is 3.17 bits per heavy atom. The van der Waals surface area contributed by atoms with E-state index in [4.69, 9.17) is 5.11 Å². The third-order valence-corrected chi connectivity index (χ3v) is 1.88. The molecule has 2 heterocycles. The summed E-state index contributed by atoms with van der Waals surface area (Å²) in [5.41, 5.74) is 2.02. The standard InChI is InChI=1S/C9H10N2O/c12-7-4-8-2-1-3-9-10-5-6-11(8)9/h1-3,5-6,12H,4,7H2. The Morgan fingerprint density at radius 1 is 1.42 bits per heavy atom. The molecule has 1 N–H and O–H groups in total. The van der Waals surface area contributed by atoms with Crippen molar-refractivity contribution in [3.63, 3.8) is 0 Å². The molecular weight excluding hydrogens is 152 g/mol. The number of hydrogen-bond acceptors (Lipinski definition) is 2. The monoisotopic (exact) mass is 162 g/mol. The second-order valence-corrected chi connectivity index (χ2v) is 2.65. The van der Waals surface area contributed by atoms with Gasteiger partial charge in [-0.3, -0.25) is 0 Å². The molecule has 0 aliphatic carbocycles. The number of nitrogens with zero attached hydrogens (tertiary/aromatic N) is 2. The topological polar surface area (TPSA) is 37.5 Å². The Bertz CT molecular complexity index is 381. The summed E-state index contributed by atoms with van der Waals surface area (Å²) in [4.78, 5) is 4.14. The highest BCUT2D eigenvalue weighted by Crippen LogP contribution is 2.05. The number of hydrogen-bond donors (Lipinski definition) is 1. The predicted molar refractivity (Wildman–Crippen MR) is 46.0 cm³/mol. The van der Waals surface area contributed by atoms with Gasteiger partial charge in [-0.25, -0.2) is 4.98 Å². The normalized spacial score (nSPS) is 10.8. The lowest BCUT2D eigenvalue weighted by Crippen LogP contribution is -1.98. The van der Waals surface area contributed by atoms with Crippen LogP contribution >= 0.6 is 0 Å². The fourth-order valence-corrected chi connectivity index (χ4v) is 1.33. The molecule has 0 saturated carbocycles. The lowest BCUT2D eigenvalue weighted by Gasteiger charge is -2.01.